The Morgan fingerprint density at radius 3 is 2.74 bits per heavy atom. The molecule has 2 aromatic rings. The number of thiophene rings is 1. The minimum Gasteiger partial charge on any atom is -0.320 e. The van der Waals surface area contributed by atoms with Gasteiger partial charge in [0.15, 0.2) is 0 Å². The maximum atomic E-state index is 12.2. The van der Waals surface area contributed by atoms with Gasteiger partial charge in [-0.1, -0.05) is 18.2 Å². The van der Waals surface area contributed by atoms with Crippen LogP contribution in [0.3, 0.4) is 0 Å². The molecule has 1 aromatic carbocycles. The summed E-state index contributed by atoms with van der Waals surface area (Å²) in [4.78, 5) is 15.1. The van der Waals surface area contributed by atoms with E-state index in [0.29, 0.717) is 0 Å². The van der Waals surface area contributed by atoms with Gasteiger partial charge < -0.3 is 10.2 Å². The average Bonchev–Trinajstić information content (AvgIpc) is 2.90. The molecule has 2 rings (SSSR count). The van der Waals surface area contributed by atoms with Crippen LogP contribution in [0.1, 0.15) is 23.4 Å². The molecule has 4 heteroatoms. The van der Waals surface area contributed by atoms with Crippen LogP contribution >= 0.6 is 11.3 Å². The van der Waals surface area contributed by atoms with Gasteiger partial charge in [-0.3, -0.25) is 0 Å². The van der Waals surface area contributed by atoms with E-state index >= 15 is 0 Å². The number of anilines is 1. The molecule has 100 valence electrons. The molecule has 1 aromatic heterocycles. The number of rotatable bonds is 3. The zero-order valence-corrected chi connectivity index (χ0v) is 12.2. The maximum Gasteiger partial charge on any atom is 0.322 e. The minimum atomic E-state index is -0.0912. The number of urea groups is 1. The van der Waals surface area contributed by atoms with Crippen LogP contribution < -0.4 is 5.32 Å². The highest BCUT2D eigenvalue weighted by Gasteiger charge is 2.17. The molecule has 1 N–H and O–H groups in total. The van der Waals surface area contributed by atoms with Crippen LogP contribution in [0, 0.1) is 6.92 Å². The van der Waals surface area contributed by atoms with E-state index in [2.05, 4.69) is 5.32 Å². The molecule has 0 saturated carbocycles. The minimum absolute atomic E-state index is 0.0739. The fourth-order valence-corrected chi connectivity index (χ4v) is 2.66. The van der Waals surface area contributed by atoms with E-state index < -0.39 is 0 Å². The van der Waals surface area contributed by atoms with Crippen molar-refractivity contribution in [3.8, 4) is 0 Å². The third-order valence-corrected chi connectivity index (χ3v) is 4.17. The van der Waals surface area contributed by atoms with E-state index in [1.165, 1.54) is 4.88 Å². The number of carbonyl (C=O) groups excluding carboxylic acids is 1. The van der Waals surface area contributed by atoms with Crippen molar-refractivity contribution in [2.24, 2.45) is 0 Å². The lowest BCUT2D eigenvalue weighted by Gasteiger charge is -2.24. The summed E-state index contributed by atoms with van der Waals surface area (Å²) in [6, 6.07) is 11.8. The number of hydrogen-bond acceptors (Lipinski definition) is 2. The zero-order valence-electron chi connectivity index (χ0n) is 11.4. The summed E-state index contributed by atoms with van der Waals surface area (Å²) in [6.45, 7) is 4.04. The second-order valence-electron chi connectivity index (χ2n) is 4.60. The highest BCUT2D eigenvalue weighted by atomic mass is 32.1. The van der Waals surface area contributed by atoms with Crippen molar-refractivity contribution in [3.63, 3.8) is 0 Å². The van der Waals surface area contributed by atoms with Gasteiger partial charge in [0.25, 0.3) is 0 Å². The summed E-state index contributed by atoms with van der Waals surface area (Å²) in [5, 5.41) is 4.94. The summed E-state index contributed by atoms with van der Waals surface area (Å²) >= 11 is 1.66. The smallest absolute Gasteiger partial charge is 0.320 e. The number of carbonyl (C=O) groups is 1. The van der Waals surface area contributed by atoms with Crippen LogP contribution in [0.15, 0.2) is 41.8 Å². The second-order valence-corrected chi connectivity index (χ2v) is 5.58. The molecule has 0 aliphatic rings. The van der Waals surface area contributed by atoms with Gasteiger partial charge in [-0.15, -0.1) is 11.3 Å². The molecule has 0 aliphatic heterocycles. The SMILES string of the molecule is Cc1cccc(NC(=O)N(C)C(C)c2cccs2)c1. The lowest BCUT2D eigenvalue weighted by molar-refractivity contribution is 0.209. The first kappa shape index (κ1) is 13.6. The third-order valence-electron chi connectivity index (χ3n) is 3.13. The van der Waals surface area contributed by atoms with Crippen LogP contribution in [0.5, 0.6) is 0 Å². The summed E-state index contributed by atoms with van der Waals surface area (Å²) in [6.07, 6.45) is 0. The Morgan fingerprint density at radius 2 is 2.11 bits per heavy atom. The van der Waals surface area contributed by atoms with Crippen molar-refractivity contribution < 1.29 is 4.79 Å². The van der Waals surface area contributed by atoms with Crippen LogP contribution in [0.25, 0.3) is 0 Å². The standard InChI is InChI=1S/C15H18N2OS/c1-11-6-4-7-13(10-11)16-15(18)17(3)12(2)14-8-5-9-19-14/h4-10,12H,1-3H3,(H,16,18). The first-order chi connectivity index (χ1) is 9.08. The molecular weight excluding hydrogens is 256 g/mol. The number of amides is 2. The summed E-state index contributed by atoms with van der Waals surface area (Å²) in [5.74, 6) is 0. The van der Waals surface area contributed by atoms with Crippen molar-refractivity contribution >= 4 is 23.1 Å². The molecule has 0 spiro atoms. The molecule has 0 saturated heterocycles. The van der Waals surface area contributed by atoms with E-state index in [9.17, 15) is 4.79 Å². The Hall–Kier alpha value is -1.81. The van der Waals surface area contributed by atoms with Crippen molar-refractivity contribution in [3.05, 3.63) is 52.2 Å². The molecule has 1 heterocycles. The summed E-state index contributed by atoms with van der Waals surface area (Å²) in [5.41, 5.74) is 1.96. The molecule has 1 unspecified atom stereocenters. The highest BCUT2D eigenvalue weighted by molar-refractivity contribution is 7.10. The molecule has 0 fully saturated rings. The Morgan fingerprint density at radius 1 is 1.32 bits per heavy atom. The Labute approximate surface area is 117 Å². The van der Waals surface area contributed by atoms with E-state index in [1.54, 1.807) is 16.2 Å². The highest BCUT2D eigenvalue weighted by Crippen LogP contribution is 2.24. The molecule has 1 atom stereocenters. The zero-order chi connectivity index (χ0) is 13.8. The molecule has 19 heavy (non-hydrogen) atoms. The third kappa shape index (κ3) is 3.35. The number of aryl methyl sites for hydroxylation is 1. The van der Waals surface area contributed by atoms with E-state index in [0.717, 1.165) is 11.3 Å². The van der Waals surface area contributed by atoms with Gasteiger partial charge in [-0.2, -0.15) is 0 Å². The molecule has 2 amide bonds. The van der Waals surface area contributed by atoms with Crippen molar-refractivity contribution in [2.45, 2.75) is 19.9 Å². The average molecular weight is 274 g/mol. The maximum absolute atomic E-state index is 12.2. The summed E-state index contributed by atoms with van der Waals surface area (Å²) in [7, 11) is 1.81. The number of nitrogens with one attached hydrogen (secondary N) is 1. The fourth-order valence-electron chi connectivity index (χ4n) is 1.83. The number of hydrogen-bond donors (Lipinski definition) is 1. The molecular formula is C15H18N2OS. The Bertz CT molecular complexity index is 551. The van der Waals surface area contributed by atoms with E-state index in [-0.39, 0.29) is 12.1 Å². The molecule has 3 nitrogen and oxygen atoms in total. The molecule has 0 aliphatic carbocycles. The second kappa shape index (κ2) is 5.89. The number of benzene rings is 1. The number of nitrogens with zero attached hydrogens (tertiary/aromatic N) is 1. The van der Waals surface area contributed by atoms with Crippen LogP contribution in [-0.2, 0) is 0 Å². The van der Waals surface area contributed by atoms with E-state index in [1.807, 2.05) is 62.7 Å². The van der Waals surface area contributed by atoms with Gasteiger partial charge in [0, 0.05) is 17.6 Å². The van der Waals surface area contributed by atoms with Crippen molar-refractivity contribution in [2.75, 3.05) is 12.4 Å². The lowest BCUT2D eigenvalue weighted by atomic mass is 10.2. The van der Waals surface area contributed by atoms with E-state index in [4.69, 9.17) is 0 Å². The van der Waals surface area contributed by atoms with Gasteiger partial charge >= 0.3 is 6.03 Å². The lowest BCUT2D eigenvalue weighted by Crippen LogP contribution is -2.33. The Kier molecular flexibility index (Phi) is 4.22. The normalized spacial score (nSPS) is 11.9. The van der Waals surface area contributed by atoms with Crippen LogP contribution in [-0.4, -0.2) is 18.0 Å². The first-order valence-corrected chi connectivity index (χ1v) is 7.10. The topological polar surface area (TPSA) is 32.3 Å². The van der Waals surface area contributed by atoms with Gasteiger partial charge in [0.1, 0.15) is 0 Å². The van der Waals surface area contributed by atoms with Gasteiger partial charge in [-0.05, 0) is 43.0 Å². The summed E-state index contributed by atoms with van der Waals surface area (Å²) < 4.78 is 0. The fraction of sp³-hybridized carbons (Fsp3) is 0.267. The van der Waals surface area contributed by atoms with Crippen molar-refractivity contribution in [1.82, 2.24) is 4.90 Å². The molecule has 0 bridgehead atoms. The largest absolute Gasteiger partial charge is 0.322 e. The quantitative estimate of drug-likeness (QED) is 0.890. The Balaban J connectivity index is 2.03. The monoisotopic (exact) mass is 274 g/mol. The van der Waals surface area contributed by atoms with Gasteiger partial charge in [0.05, 0.1) is 6.04 Å². The van der Waals surface area contributed by atoms with Crippen molar-refractivity contribution in [1.29, 1.82) is 0 Å². The van der Waals surface area contributed by atoms with Crippen LogP contribution in [0.4, 0.5) is 10.5 Å². The predicted molar refractivity (Wildman–Crippen MR) is 80.7 cm³/mol. The predicted octanol–water partition coefficient (Wildman–Crippen LogP) is 4.28. The molecule has 0 radical (unpaired) electrons. The van der Waals surface area contributed by atoms with Gasteiger partial charge in [-0.25, -0.2) is 4.79 Å². The van der Waals surface area contributed by atoms with Gasteiger partial charge in [0.2, 0.25) is 0 Å². The first-order valence-electron chi connectivity index (χ1n) is 6.22. The van der Waals surface area contributed by atoms with Crippen LogP contribution in [0.2, 0.25) is 0 Å².